The Morgan fingerprint density at radius 1 is 1.26 bits per heavy atom. The number of nitro groups is 1. The van der Waals surface area contributed by atoms with Gasteiger partial charge in [0.1, 0.15) is 11.2 Å². The molecule has 10 heteroatoms. The molecule has 0 saturated carbocycles. The molecule has 0 aromatic heterocycles. The lowest BCUT2D eigenvalue weighted by molar-refractivity contribution is -0.388. The Morgan fingerprint density at radius 3 is 2.33 bits per heavy atom. The number of piperidine rings is 1. The molecule has 1 aliphatic rings. The second-order valence-electron chi connectivity index (χ2n) is 7.37. The summed E-state index contributed by atoms with van der Waals surface area (Å²) < 4.78 is 44.5. The maximum atomic E-state index is 13.1. The number of ether oxygens (including phenoxy) is 1. The molecule has 1 aliphatic heterocycles. The minimum absolute atomic E-state index is 0.147. The molecule has 0 unspecified atom stereocenters. The summed E-state index contributed by atoms with van der Waals surface area (Å²) >= 11 is 0. The summed E-state index contributed by atoms with van der Waals surface area (Å²) in [6.45, 7) is 6.13. The van der Waals surface area contributed by atoms with Gasteiger partial charge in [0.15, 0.2) is 0 Å². The highest BCUT2D eigenvalue weighted by Crippen LogP contribution is 2.37. The summed E-state index contributed by atoms with van der Waals surface area (Å²) in [6, 6.07) is 2.71. The van der Waals surface area contributed by atoms with E-state index >= 15 is 0 Å². The monoisotopic (exact) mass is 389 g/mol. The second-order valence-corrected chi connectivity index (χ2v) is 7.37. The molecule has 150 valence electrons. The molecule has 1 aromatic rings. The van der Waals surface area contributed by atoms with E-state index in [2.05, 4.69) is 5.32 Å². The number of hydrogen-bond donors (Lipinski definition) is 1. The van der Waals surface area contributed by atoms with E-state index in [1.54, 1.807) is 25.7 Å². The predicted molar refractivity (Wildman–Crippen MR) is 92.6 cm³/mol. The Morgan fingerprint density at radius 2 is 1.85 bits per heavy atom. The number of carbonyl (C=O) groups is 1. The van der Waals surface area contributed by atoms with Crippen LogP contribution in [0.1, 0.15) is 39.2 Å². The van der Waals surface area contributed by atoms with Crippen molar-refractivity contribution in [1.82, 2.24) is 4.90 Å². The first-order valence-electron chi connectivity index (χ1n) is 8.47. The van der Waals surface area contributed by atoms with Crippen molar-refractivity contribution in [3.8, 4) is 0 Å². The topological polar surface area (TPSA) is 84.7 Å². The Hall–Kier alpha value is -2.52. The normalized spacial score (nSPS) is 16.1. The average Bonchev–Trinajstić information content (AvgIpc) is 2.53. The summed E-state index contributed by atoms with van der Waals surface area (Å²) in [5, 5.41) is 13.8. The van der Waals surface area contributed by atoms with Gasteiger partial charge in [0.05, 0.1) is 4.92 Å². The minimum Gasteiger partial charge on any atom is -0.444 e. The van der Waals surface area contributed by atoms with Crippen LogP contribution in [0.15, 0.2) is 18.2 Å². The van der Waals surface area contributed by atoms with Crippen molar-refractivity contribution >= 4 is 17.5 Å². The molecular formula is C17H22F3N3O4. The average molecular weight is 389 g/mol. The summed E-state index contributed by atoms with van der Waals surface area (Å²) in [5.41, 5.74) is -2.71. The number of rotatable bonds is 3. The molecule has 0 aliphatic carbocycles. The van der Waals surface area contributed by atoms with Gasteiger partial charge in [-0.1, -0.05) is 0 Å². The van der Waals surface area contributed by atoms with Crippen LogP contribution in [-0.2, 0) is 10.9 Å². The van der Waals surface area contributed by atoms with Crippen LogP contribution in [0.2, 0.25) is 0 Å². The first-order chi connectivity index (χ1) is 12.4. The molecule has 0 bridgehead atoms. The molecule has 1 fully saturated rings. The van der Waals surface area contributed by atoms with Crippen molar-refractivity contribution < 1.29 is 27.6 Å². The summed E-state index contributed by atoms with van der Waals surface area (Å²) in [6.07, 6.45) is -4.19. The molecule has 0 radical (unpaired) electrons. The van der Waals surface area contributed by atoms with Gasteiger partial charge in [0.2, 0.25) is 0 Å². The number of carbonyl (C=O) groups excluding carboxylic acids is 1. The van der Waals surface area contributed by atoms with Crippen molar-refractivity contribution in [2.24, 2.45) is 0 Å². The quantitative estimate of drug-likeness (QED) is 0.611. The summed E-state index contributed by atoms with van der Waals surface area (Å²) in [5.74, 6) is 0. The van der Waals surface area contributed by atoms with Gasteiger partial charge >= 0.3 is 12.3 Å². The molecule has 1 heterocycles. The Kier molecular flexibility index (Phi) is 5.86. The lowest BCUT2D eigenvalue weighted by atomic mass is 10.0. The van der Waals surface area contributed by atoms with Gasteiger partial charge in [0, 0.05) is 30.9 Å². The van der Waals surface area contributed by atoms with Gasteiger partial charge in [-0.25, -0.2) is 4.79 Å². The lowest BCUT2D eigenvalue weighted by Gasteiger charge is -2.34. The van der Waals surface area contributed by atoms with E-state index in [1.807, 2.05) is 0 Å². The van der Waals surface area contributed by atoms with Gasteiger partial charge in [-0.15, -0.1) is 0 Å². The number of alkyl halides is 3. The molecule has 27 heavy (non-hydrogen) atoms. The number of amides is 1. The van der Waals surface area contributed by atoms with Crippen LogP contribution >= 0.6 is 0 Å². The lowest BCUT2D eigenvalue weighted by Crippen LogP contribution is -2.44. The van der Waals surface area contributed by atoms with Gasteiger partial charge in [-0.2, -0.15) is 13.2 Å². The smallest absolute Gasteiger partial charge is 0.423 e. The van der Waals surface area contributed by atoms with Crippen LogP contribution < -0.4 is 5.32 Å². The van der Waals surface area contributed by atoms with Gasteiger partial charge in [-0.05, 0) is 45.7 Å². The van der Waals surface area contributed by atoms with E-state index in [1.165, 1.54) is 6.07 Å². The zero-order chi connectivity index (χ0) is 20.4. The van der Waals surface area contributed by atoms with Crippen LogP contribution in [0.5, 0.6) is 0 Å². The number of anilines is 1. The number of nitrogens with one attached hydrogen (secondary N) is 1. The van der Waals surface area contributed by atoms with E-state index < -0.39 is 34.0 Å². The number of nitrogens with zero attached hydrogens (tertiary/aromatic N) is 2. The maximum Gasteiger partial charge on any atom is 0.423 e. The highest BCUT2D eigenvalue weighted by Gasteiger charge is 2.38. The molecular weight excluding hydrogens is 367 g/mol. The maximum absolute atomic E-state index is 13.1. The van der Waals surface area contributed by atoms with Crippen molar-refractivity contribution in [2.45, 2.75) is 51.4 Å². The Bertz CT molecular complexity index is 708. The molecule has 1 N–H and O–H groups in total. The van der Waals surface area contributed by atoms with E-state index in [0.717, 1.165) is 12.1 Å². The number of halogens is 3. The Labute approximate surface area is 154 Å². The van der Waals surface area contributed by atoms with Crippen molar-refractivity contribution in [2.75, 3.05) is 18.4 Å². The highest BCUT2D eigenvalue weighted by atomic mass is 19.4. The molecule has 0 atom stereocenters. The molecule has 1 saturated heterocycles. The zero-order valence-electron chi connectivity index (χ0n) is 15.3. The van der Waals surface area contributed by atoms with Crippen LogP contribution in [0, 0.1) is 10.1 Å². The first kappa shape index (κ1) is 20.8. The molecule has 7 nitrogen and oxygen atoms in total. The van der Waals surface area contributed by atoms with Crippen molar-refractivity contribution in [3.05, 3.63) is 33.9 Å². The summed E-state index contributed by atoms with van der Waals surface area (Å²) in [4.78, 5) is 23.3. The number of likely N-dealkylation sites (tertiary alicyclic amines) is 1. The largest absolute Gasteiger partial charge is 0.444 e. The number of hydrogen-bond acceptors (Lipinski definition) is 5. The van der Waals surface area contributed by atoms with Crippen LogP contribution in [0.25, 0.3) is 0 Å². The third-order valence-corrected chi connectivity index (χ3v) is 4.02. The zero-order valence-corrected chi connectivity index (χ0v) is 15.3. The Balaban J connectivity index is 2.01. The second kappa shape index (κ2) is 7.61. The molecule has 0 spiro atoms. The fraction of sp³-hybridized carbons (Fsp3) is 0.588. The number of benzene rings is 1. The first-order valence-corrected chi connectivity index (χ1v) is 8.47. The summed E-state index contributed by atoms with van der Waals surface area (Å²) in [7, 11) is 0. The molecule has 2 rings (SSSR count). The van der Waals surface area contributed by atoms with E-state index in [-0.39, 0.29) is 11.7 Å². The predicted octanol–water partition coefficient (Wildman–Crippen LogP) is 4.43. The molecule has 1 amide bonds. The van der Waals surface area contributed by atoms with Gasteiger partial charge in [-0.3, -0.25) is 10.1 Å². The number of nitro benzene ring substituents is 1. The van der Waals surface area contributed by atoms with E-state index in [4.69, 9.17) is 4.74 Å². The van der Waals surface area contributed by atoms with Crippen molar-refractivity contribution in [1.29, 1.82) is 0 Å². The fourth-order valence-corrected chi connectivity index (χ4v) is 2.78. The van der Waals surface area contributed by atoms with Crippen LogP contribution in [0.4, 0.5) is 29.3 Å². The van der Waals surface area contributed by atoms with Crippen molar-refractivity contribution in [3.63, 3.8) is 0 Å². The minimum atomic E-state index is -4.82. The third kappa shape index (κ3) is 5.73. The standard InChI is InChI=1S/C17H22F3N3O4/c1-16(2,3)27-15(24)22-8-6-11(7-9-22)21-12-4-5-14(23(25)26)13(10-12)17(18,19)20/h4-5,10-11,21H,6-9H2,1-3H3. The van der Waals surface area contributed by atoms with Gasteiger partial charge in [0.25, 0.3) is 5.69 Å². The fourth-order valence-electron chi connectivity index (χ4n) is 2.78. The SMILES string of the molecule is CC(C)(C)OC(=O)N1CCC(Nc2ccc([N+](=O)[O-])c(C(F)(F)F)c2)CC1. The van der Waals surface area contributed by atoms with Crippen LogP contribution in [-0.4, -0.2) is 40.6 Å². The van der Waals surface area contributed by atoms with E-state index in [9.17, 15) is 28.1 Å². The third-order valence-electron chi connectivity index (χ3n) is 4.02. The van der Waals surface area contributed by atoms with Crippen LogP contribution in [0.3, 0.4) is 0 Å². The van der Waals surface area contributed by atoms with E-state index in [0.29, 0.717) is 25.9 Å². The van der Waals surface area contributed by atoms with Gasteiger partial charge < -0.3 is 15.0 Å². The highest BCUT2D eigenvalue weighted by molar-refractivity contribution is 5.68. The molecule has 1 aromatic carbocycles.